The summed E-state index contributed by atoms with van der Waals surface area (Å²) in [5, 5.41) is 10.5. The van der Waals surface area contributed by atoms with Crippen LogP contribution >= 0.6 is 0 Å². The maximum Gasteiger partial charge on any atom is 0.150 e. The van der Waals surface area contributed by atoms with Gasteiger partial charge in [-0.3, -0.25) is 0 Å². The van der Waals surface area contributed by atoms with Crippen molar-refractivity contribution in [2.75, 3.05) is 5.73 Å². The lowest BCUT2D eigenvalue weighted by atomic mass is 10.1. The molecule has 0 aromatic heterocycles. The molecular weight excluding hydrogens is 230 g/mol. The predicted molar refractivity (Wildman–Crippen MR) is 66.1 cm³/mol. The normalized spacial score (nSPS) is 10.0. The highest BCUT2D eigenvalue weighted by Crippen LogP contribution is 2.27. The Balaban J connectivity index is 2.19. The SMILES string of the molecule is Nc1ccccc1Oc1cccc(CC(=O)[O-])c1. The van der Waals surface area contributed by atoms with Gasteiger partial charge in [0.1, 0.15) is 11.5 Å². The molecule has 0 spiro atoms. The van der Waals surface area contributed by atoms with Gasteiger partial charge < -0.3 is 20.4 Å². The van der Waals surface area contributed by atoms with Gasteiger partial charge in [0.25, 0.3) is 0 Å². The van der Waals surface area contributed by atoms with Crippen LogP contribution in [0.15, 0.2) is 48.5 Å². The van der Waals surface area contributed by atoms with Crippen LogP contribution in [0.3, 0.4) is 0 Å². The smallest absolute Gasteiger partial charge is 0.150 e. The molecule has 0 unspecified atom stereocenters. The Morgan fingerprint density at radius 2 is 1.94 bits per heavy atom. The molecule has 92 valence electrons. The molecule has 4 heteroatoms. The zero-order chi connectivity index (χ0) is 13.0. The summed E-state index contributed by atoms with van der Waals surface area (Å²) in [5.41, 5.74) is 6.92. The highest BCUT2D eigenvalue weighted by molar-refractivity contribution is 5.68. The van der Waals surface area contributed by atoms with Crippen LogP contribution in [0.4, 0.5) is 5.69 Å². The first-order valence-corrected chi connectivity index (χ1v) is 5.46. The summed E-state index contributed by atoms with van der Waals surface area (Å²) < 4.78 is 5.59. The van der Waals surface area contributed by atoms with E-state index in [-0.39, 0.29) is 6.42 Å². The first kappa shape index (κ1) is 12.0. The Labute approximate surface area is 105 Å². The Bertz CT molecular complexity index is 566. The monoisotopic (exact) mass is 242 g/mol. The zero-order valence-electron chi connectivity index (χ0n) is 9.63. The number of aliphatic carboxylic acids is 1. The lowest BCUT2D eigenvalue weighted by Gasteiger charge is -2.09. The first-order valence-electron chi connectivity index (χ1n) is 5.46. The van der Waals surface area contributed by atoms with Crippen LogP contribution in [-0.2, 0) is 11.2 Å². The number of carboxylic acid groups (broad SMARTS) is 1. The minimum absolute atomic E-state index is 0.137. The molecule has 2 aromatic rings. The summed E-state index contributed by atoms with van der Waals surface area (Å²) in [4.78, 5) is 10.5. The van der Waals surface area contributed by atoms with Gasteiger partial charge in [-0.05, 0) is 29.8 Å². The number of hydrogen-bond donors (Lipinski definition) is 1. The molecule has 4 nitrogen and oxygen atoms in total. The van der Waals surface area contributed by atoms with Crippen LogP contribution < -0.4 is 15.6 Å². The fourth-order valence-electron chi connectivity index (χ4n) is 1.59. The van der Waals surface area contributed by atoms with Gasteiger partial charge in [-0.15, -0.1) is 0 Å². The van der Waals surface area contributed by atoms with Gasteiger partial charge in [-0.1, -0.05) is 24.3 Å². The number of hydrogen-bond acceptors (Lipinski definition) is 4. The summed E-state index contributed by atoms with van der Waals surface area (Å²) in [7, 11) is 0. The van der Waals surface area contributed by atoms with Crippen molar-refractivity contribution in [1.29, 1.82) is 0 Å². The molecule has 0 atom stereocenters. The van der Waals surface area contributed by atoms with Crippen molar-refractivity contribution < 1.29 is 14.6 Å². The average Bonchev–Trinajstić information content (AvgIpc) is 2.32. The maximum absolute atomic E-state index is 10.5. The van der Waals surface area contributed by atoms with E-state index in [1.54, 1.807) is 36.4 Å². The van der Waals surface area contributed by atoms with Crippen molar-refractivity contribution in [3.05, 3.63) is 54.1 Å². The molecule has 0 saturated carbocycles. The summed E-state index contributed by atoms with van der Waals surface area (Å²) in [6.45, 7) is 0. The highest BCUT2D eigenvalue weighted by atomic mass is 16.5. The van der Waals surface area contributed by atoms with E-state index in [0.717, 1.165) is 0 Å². The van der Waals surface area contributed by atoms with Crippen molar-refractivity contribution in [1.82, 2.24) is 0 Å². The minimum atomic E-state index is -1.12. The van der Waals surface area contributed by atoms with Crippen LogP contribution in [0.5, 0.6) is 11.5 Å². The van der Waals surface area contributed by atoms with E-state index in [2.05, 4.69) is 0 Å². The van der Waals surface area contributed by atoms with Gasteiger partial charge in [-0.25, -0.2) is 0 Å². The van der Waals surface area contributed by atoms with Crippen molar-refractivity contribution in [3.63, 3.8) is 0 Å². The molecule has 2 aromatic carbocycles. The molecule has 0 aliphatic heterocycles. The summed E-state index contributed by atoms with van der Waals surface area (Å²) >= 11 is 0. The number of nitrogen functional groups attached to an aromatic ring is 1. The average molecular weight is 242 g/mol. The Hall–Kier alpha value is -2.49. The Morgan fingerprint density at radius 1 is 1.17 bits per heavy atom. The second-order valence-electron chi connectivity index (χ2n) is 3.84. The maximum atomic E-state index is 10.5. The molecule has 18 heavy (non-hydrogen) atoms. The number of carbonyl (C=O) groups is 1. The standard InChI is InChI=1S/C14H13NO3/c15-12-6-1-2-7-13(12)18-11-5-3-4-10(8-11)9-14(16)17/h1-8H,9,15H2,(H,16,17)/p-1. The molecule has 0 aliphatic carbocycles. The highest BCUT2D eigenvalue weighted by Gasteiger charge is 2.02. The molecule has 2 rings (SSSR count). The van der Waals surface area contributed by atoms with Gasteiger partial charge in [0, 0.05) is 12.4 Å². The van der Waals surface area contributed by atoms with Crippen LogP contribution in [0.25, 0.3) is 0 Å². The Kier molecular flexibility index (Phi) is 3.48. The van der Waals surface area contributed by atoms with Gasteiger partial charge >= 0.3 is 0 Å². The van der Waals surface area contributed by atoms with Gasteiger partial charge in [-0.2, -0.15) is 0 Å². The molecule has 2 N–H and O–H groups in total. The van der Waals surface area contributed by atoms with Crippen LogP contribution in [0.1, 0.15) is 5.56 Å². The quantitative estimate of drug-likeness (QED) is 0.821. The number of para-hydroxylation sites is 2. The summed E-state index contributed by atoms with van der Waals surface area (Å²) in [6.07, 6.45) is -0.137. The number of ether oxygens (including phenoxy) is 1. The van der Waals surface area contributed by atoms with Gasteiger partial charge in [0.15, 0.2) is 0 Å². The number of rotatable bonds is 4. The predicted octanol–water partition coefficient (Wildman–Crippen LogP) is 1.35. The molecule has 0 radical (unpaired) electrons. The number of carboxylic acids is 1. The van der Waals surface area contributed by atoms with Crippen molar-refractivity contribution in [3.8, 4) is 11.5 Å². The zero-order valence-corrected chi connectivity index (χ0v) is 9.63. The van der Waals surface area contributed by atoms with Crippen LogP contribution in [0, 0.1) is 0 Å². The summed E-state index contributed by atoms with van der Waals surface area (Å²) in [6, 6.07) is 13.9. The third kappa shape index (κ3) is 3.01. The topological polar surface area (TPSA) is 75.4 Å². The second-order valence-corrected chi connectivity index (χ2v) is 3.84. The molecule has 0 heterocycles. The fourth-order valence-corrected chi connectivity index (χ4v) is 1.59. The van der Waals surface area contributed by atoms with Crippen LogP contribution in [0.2, 0.25) is 0 Å². The fraction of sp³-hybridized carbons (Fsp3) is 0.0714. The van der Waals surface area contributed by atoms with E-state index >= 15 is 0 Å². The van der Waals surface area contributed by atoms with Crippen molar-refractivity contribution in [2.45, 2.75) is 6.42 Å². The Morgan fingerprint density at radius 3 is 2.67 bits per heavy atom. The van der Waals surface area contributed by atoms with Crippen molar-refractivity contribution >= 4 is 11.7 Å². The van der Waals surface area contributed by atoms with Crippen molar-refractivity contribution in [2.24, 2.45) is 0 Å². The van der Waals surface area contributed by atoms with E-state index < -0.39 is 5.97 Å². The lowest BCUT2D eigenvalue weighted by Crippen LogP contribution is -2.24. The third-order valence-corrected chi connectivity index (χ3v) is 2.39. The van der Waals surface area contributed by atoms with E-state index in [9.17, 15) is 9.90 Å². The van der Waals surface area contributed by atoms with Gasteiger partial charge in [0.05, 0.1) is 5.69 Å². The number of carbonyl (C=O) groups excluding carboxylic acids is 1. The molecule has 0 amide bonds. The number of benzene rings is 2. The van der Waals surface area contributed by atoms with E-state index in [1.807, 2.05) is 12.1 Å². The summed E-state index contributed by atoms with van der Waals surface area (Å²) in [5.74, 6) is -0.0267. The molecular formula is C14H12NO3-. The molecule has 0 fully saturated rings. The second kappa shape index (κ2) is 5.23. The van der Waals surface area contributed by atoms with E-state index in [0.29, 0.717) is 22.7 Å². The van der Waals surface area contributed by atoms with Gasteiger partial charge in [0.2, 0.25) is 0 Å². The largest absolute Gasteiger partial charge is 0.550 e. The molecule has 0 aliphatic rings. The van der Waals surface area contributed by atoms with Crippen LogP contribution in [-0.4, -0.2) is 5.97 Å². The lowest BCUT2D eigenvalue weighted by molar-refractivity contribution is -0.304. The molecule has 0 bridgehead atoms. The minimum Gasteiger partial charge on any atom is -0.550 e. The number of nitrogens with two attached hydrogens (primary N) is 1. The van der Waals surface area contributed by atoms with E-state index in [1.165, 1.54) is 0 Å². The van der Waals surface area contributed by atoms with E-state index in [4.69, 9.17) is 10.5 Å². The third-order valence-electron chi connectivity index (χ3n) is 2.39. The molecule has 0 saturated heterocycles. The first-order chi connectivity index (χ1) is 8.65. The number of anilines is 1.